The average molecular weight is 200 g/mol. The highest BCUT2D eigenvalue weighted by Gasteiger charge is 2.04. The van der Waals surface area contributed by atoms with E-state index < -0.39 is 0 Å². The van der Waals surface area contributed by atoms with Crippen LogP contribution in [0.2, 0.25) is 0 Å². The number of para-hydroxylation sites is 1. The van der Waals surface area contributed by atoms with E-state index >= 15 is 0 Å². The van der Waals surface area contributed by atoms with E-state index in [-0.39, 0.29) is 5.75 Å². The van der Waals surface area contributed by atoms with Crippen molar-refractivity contribution >= 4 is 0 Å². The van der Waals surface area contributed by atoms with E-state index in [0.29, 0.717) is 0 Å². The van der Waals surface area contributed by atoms with Gasteiger partial charge in [0.05, 0.1) is 7.11 Å². The molecule has 0 aliphatic heterocycles. The number of rotatable bonds is 2. The van der Waals surface area contributed by atoms with E-state index in [1.807, 2.05) is 36.4 Å². The average Bonchev–Trinajstić information content (AvgIpc) is 2.29. The molecule has 0 aliphatic carbocycles. The van der Waals surface area contributed by atoms with Crippen LogP contribution in [0.3, 0.4) is 0 Å². The molecule has 76 valence electrons. The molecule has 0 aromatic heterocycles. The van der Waals surface area contributed by atoms with Gasteiger partial charge in [0.15, 0.2) is 0 Å². The van der Waals surface area contributed by atoms with Gasteiger partial charge in [-0.15, -0.1) is 0 Å². The summed E-state index contributed by atoms with van der Waals surface area (Å²) in [6.07, 6.45) is 0. The van der Waals surface area contributed by atoms with E-state index in [0.717, 1.165) is 16.9 Å². The minimum atomic E-state index is 0.262. The smallest absolute Gasteiger partial charge is 0.126 e. The Kier molecular flexibility index (Phi) is 2.59. The normalized spacial score (nSPS) is 9.93. The third-order valence-electron chi connectivity index (χ3n) is 2.26. The van der Waals surface area contributed by atoms with Gasteiger partial charge in [-0.05, 0) is 23.8 Å². The molecule has 0 spiro atoms. The summed E-state index contributed by atoms with van der Waals surface area (Å²) in [6, 6.07) is 14.9. The number of phenols is 1. The van der Waals surface area contributed by atoms with Crippen LogP contribution in [-0.2, 0) is 0 Å². The molecule has 2 rings (SSSR count). The molecule has 0 heterocycles. The summed E-state index contributed by atoms with van der Waals surface area (Å²) < 4.78 is 5.26. The predicted octanol–water partition coefficient (Wildman–Crippen LogP) is 3.07. The van der Waals surface area contributed by atoms with E-state index in [1.165, 1.54) is 0 Å². The van der Waals surface area contributed by atoms with Crippen molar-refractivity contribution in [2.24, 2.45) is 0 Å². The lowest BCUT2D eigenvalue weighted by Gasteiger charge is -2.08. The Balaban J connectivity index is 2.53. The fourth-order valence-electron chi connectivity index (χ4n) is 1.56. The van der Waals surface area contributed by atoms with E-state index in [9.17, 15) is 5.11 Å². The lowest BCUT2D eigenvalue weighted by molar-refractivity contribution is 0.416. The van der Waals surface area contributed by atoms with Gasteiger partial charge in [0, 0.05) is 5.56 Å². The molecule has 0 fully saturated rings. The Morgan fingerprint density at radius 1 is 1.00 bits per heavy atom. The summed E-state index contributed by atoms with van der Waals surface area (Å²) in [6.45, 7) is 0. The van der Waals surface area contributed by atoms with Gasteiger partial charge in [0.2, 0.25) is 0 Å². The van der Waals surface area contributed by atoms with Gasteiger partial charge in [-0.2, -0.15) is 0 Å². The quantitative estimate of drug-likeness (QED) is 0.807. The summed E-state index contributed by atoms with van der Waals surface area (Å²) in [7, 11) is 1.64. The highest BCUT2D eigenvalue weighted by atomic mass is 16.5. The van der Waals surface area contributed by atoms with E-state index in [4.69, 9.17) is 4.74 Å². The van der Waals surface area contributed by atoms with Crippen molar-refractivity contribution < 1.29 is 9.84 Å². The zero-order valence-electron chi connectivity index (χ0n) is 8.47. The van der Waals surface area contributed by atoms with Crippen molar-refractivity contribution in [3.8, 4) is 22.6 Å². The van der Waals surface area contributed by atoms with Crippen LogP contribution in [0.25, 0.3) is 11.1 Å². The van der Waals surface area contributed by atoms with Crippen LogP contribution < -0.4 is 4.74 Å². The fourth-order valence-corrected chi connectivity index (χ4v) is 1.56. The van der Waals surface area contributed by atoms with Gasteiger partial charge >= 0.3 is 0 Å². The first-order valence-corrected chi connectivity index (χ1v) is 4.73. The van der Waals surface area contributed by atoms with Gasteiger partial charge in [-0.3, -0.25) is 0 Å². The molecule has 1 N–H and O–H groups in total. The minimum Gasteiger partial charge on any atom is -0.508 e. The number of ether oxygens (including phenoxy) is 1. The number of hydrogen-bond acceptors (Lipinski definition) is 2. The monoisotopic (exact) mass is 200 g/mol. The molecule has 0 bridgehead atoms. The van der Waals surface area contributed by atoms with Gasteiger partial charge in [-0.25, -0.2) is 0 Å². The number of aromatic hydroxyl groups is 1. The highest BCUT2D eigenvalue weighted by molar-refractivity contribution is 5.71. The topological polar surface area (TPSA) is 29.5 Å². The first kappa shape index (κ1) is 9.59. The second-order valence-corrected chi connectivity index (χ2v) is 3.25. The van der Waals surface area contributed by atoms with Crippen LogP contribution in [0.5, 0.6) is 11.5 Å². The Hall–Kier alpha value is -1.96. The summed E-state index contributed by atoms with van der Waals surface area (Å²) in [5.41, 5.74) is 1.93. The Morgan fingerprint density at radius 3 is 2.53 bits per heavy atom. The molecule has 0 saturated heterocycles. The first-order chi connectivity index (χ1) is 7.31. The summed E-state index contributed by atoms with van der Waals surface area (Å²) in [5, 5.41) is 9.40. The molecule has 2 heteroatoms. The second kappa shape index (κ2) is 4.05. The van der Waals surface area contributed by atoms with Gasteiger partial charge in [0.1, 0.15) is 11.5 Å². The maximum absolute atomic E-state index is 9.40. The second-order valence-electron chi connectivity index (χ2n) is 3.25. The predicted molar refractivity (Wildman–Crippen MR) is 60.1 cm³/mol. The van der Waals surface area contributed by atoms with Crippen LogP contribution in [-0.4, -0.2) is 12.2 Å². The maximum Gasteiger partial charge on any atom is 0.126 e. The number of benzene rings is 2. The lowest BCUT2D eigenvalue weighted by atomic mass is 10.0. The van der Waals surface area contributed by atoms with Crippen LogP contribution >= 0.6 is 0 Å². The molecule has 0 amide bonds. The van der Waals surface area contributed by atoms with Crippen molar-refractivity contribution in [1.82, 2.24) is 0 Å². The van der Waals surface area contributed by atoms with Crippen molar-refractivity contribution in [1.29, 1.82) is 0 Å². The van der Waals surface area contributed by atoms with E-state index in [1.54, 1.807) is 19.2 Å². The summed E-state index contributed by atoms with van der Waals surface area (Å²) in [5.74, 6) is 1.07. The van der Waals surface area contributed by atoms with Crippen LogP contribution in [0, 0.1) is 0 Å². The third-order valence-corrected chi connectivity index (χ3v) is 2.26. The van der Waals surface area contributed by atoms with Crippen LogP contribution in [0.1, 0.15) is 0 Å². The lowest BCUT2D eigenvalue weighted by Crippen LogP contribution is -1.86. The van der Waals surface area contributed by atoms with E-state index in [2.05, 4.69) is 0 Å². The van der Waals surface area contributed by atoms with Crippen molar-refractivity contribution in [2.45, 2.75) is 0 Å². The molecular weight excluding hydrogens is 188 g/mol. The molecule has 2 nitrogen and oxygen atoms in total. The summed E-state index contributed by atoms with van der Waals surface area (Å²) >= 11 is 0. The largest absolute Gasteiger partial charge is 0.508 e. The molecule has 0 radical (unpaired) electrons. The number of hydrogen-bond donors (Lipinski definition) is 1. The molecule has 2 aromatic rings. The molecule has 15 heavy (non-hydrogen) atoms. The number of phenolic OH excluding ortho intramolecular Hbond substituents is 1. The standard InChI is InChI=1S/C13H12O2/c1-15-13-8-3-2-7-12(13)10-5-4-6-11(14)9-10/h2-9,14H,1H3. The van der Waals surface area contributed by atoms with Gasteiger partial charge < -0.3 is 9.84 Å². The molecule has 0 aliphatic rings. The zero-order valence-corrected chi connectivity index (χ0v) is 8.47. The minimum absolute atomic E-state index is 0.262. The zero-order chi connectivity index (χ0) is 10.7. The Morgan fingerprint density at radius 2 is 1.80 bits per heavy atom. The molecule has 0 atom stereocenters. The Bertz CT molecular complexity index is 464. The first-order valence-electron chi connectivity index (χ1n) is 4.73. The molecular formula is C13H12O2. The molecule has 2 aromatic carbocycles. The fraction of sp³-hybridized carbons (Fsp3) is 0.0769. The molecule has 0 saturated carbocycles. The van der Waals surface area contributed by atoms with Crippen molar-refractivity contribution in [3.05, 3.63) is 48.5 Å². The third kappa shape index (κ3) is 1.94. The highest BCUT2D eigenvalue weighted by Crippen LogP contribution is 2.30. The van der Waals surface area contributed by atoms with Gasteiger partial charge in [0.25, 0.3) is 0 Å². The van der Waals surface area contributed by atoms with Crippen LogP contribution in [0.4, 0.5) is 0 Å². The van der Waals surface area contributed by atoms with Gasteiger partial charge in [-0.1, -0.05) is 30.3 Å². The SMILES string of the molecule is COc1ccccc1-c1cccc(O)c1. The number of methoxy groups -OCH3 is 1. The molecule has 0 unspecified atom stereocenters. The maximum atomic E-state index is 9.40. The Labute approximate surface area is 88.8 Å². The summed E-state index contributed by atoms with van der Waals surface area (Å²) in [4.78, 5) is 0. The van der Waals surface area contributed by atoms with Crippen molar-refractivity contribution in [2.75, 3.05) is 7.11 Å². The van der Waals surface area contributed by atoms with Crippen molar-refractivity contribution in [3.63, 3.8) is 0 Å². The van der Waals surface area contributed by atoms with Crippen LogP contribution in [0.15, 0.2) is 48.5 Å².